The van der Waals surface area contributed by atoms with E-state index in [1.54, 1.807) is 6.33 Å². The second-order valence-corrected chi connectivity index (χ2v) is 5.75. The summed E-state index contributed by atoms with van der Waals surface area (Å²) in [6.07, 6.45) is 5.39. The molecule has 0 bridgehead atoms. The summed E-state index contributed by atoms with van der Waals surface area (Å²) < 4.78 is 0. The number of halogens is 1. The third kappa shape index (κ3) is 2.77. The molecule has 100 valence electrons. The van der Waals surface area contributed by atoms with Crippen LogP contribution in [0.25, 0.3) is 0 Å². The third-order valence-corrected chi connectivity index (χ3v) is 4.18. The summed E-state index contributed by atoms with van der Waals surface area (Å²) >= 11 is 6.22. The number of anilines is 1. The molecule has 0 spiro atoms. The van der Waals surface area contributed by atoms with Gasteiger partial charge in [-0.2, -0.15) is 0 Å². The first-order valence-corrected chi connectivity index (χ1v) is 7.26. The molecule has 0 aliphatic carbocycles. The minimum Gasteiger partial charge on any atom is -0.356 e. The molecule has 0 amide bonds. The zero-order valence-electron chi connectivity index (χ0n) is 11.5. The van der Waals surface area contributed by atoms with Gasteiger partial charge < -0.3 is 4.90 Å². The molecule has 0 atom stereocenters. The molecule has 1 aromatic heterocycles. The van der Waals surface area contributed by atoms with Gasteiger partial charge in [0.1, 0.15) is 17.3 Å². The summed E-state index contributed by atoms with van der Waals surface area (Å²) in [5.74, 6) is 2.28. The van der Waals surface area contributed by atoms with Crippen molar-refractivity contribution >= 4 is 17.4 Å². The maximum Gasteiger partial charge on any atom is 0.138 e. The molecule has 0 N–H and O–H groups in total. The molecule has 4 heteroatoms. The van der Waals surface area contributed by atoms with Crippen LogP contribution in [-0.4, -0.2) is 23.1 Å². The molecule has 1 saturated heterocycles. The molecule has 2 rings (SSSR count). The van der Waals surface area contributed by atoms with Crippen LogP contribution >= 0.6 is 11.6 Å². The Morgan fingerprint density at radius 2 is 2.00 bits per heavy atom. The molecule has 0 aromatic carbocycles. The topological polar surface area (TPSA) is 29.0 Å². The van der Waals surface area contributed by atoms with Crippen LogP contribution in [0.1, 0.15) is 51.5 Å². The molecule has 0 radical (unpaired) electrons. The predicted molar refractivity (Wildman–Crippen MR) is 76.4 cm³/mol. The van der Waals surface area contributed by atoms with E-state index in [2.05, 4.69) is 35.6 Å². The van der Waals surface area contributed by atoms with Crippen LogP contribution in [0.4, 0.5) is 5.82 Å². The highest BCUT2D eigenvalue weighted by Gasteiger charge is 2.23. The molecular weight excluding hydrogens is 246 g/mol. The molecule has 0 saturated carbocycles. The first kappa shape index (κ1) is 13.6. The monoisotopic (exact) mass is 267 g/mol. The van der Waals surface area contributed by atoms with E-state index < -0.39 is 0 Å². The van der Waals surface area contributed by atoms with Gasteiger partial charge in [0.15, 0.2) is 0 Å². The highest BCUT2D eigenvalue weighted by molar-refractivity contribution is 6.30. The molecule has 18 heavy (non-hydrogen) atoms. The summed E-state index contributed by atoms with van der Waals surface area (Å²) in [6.45, 7) is 8.75. The van der Waals surface area contributed by atoms with E-state index in [1.165, 1.54) is 19.3 Å². The van der Waals surface area contributed by atoms with Crippen LogP contribution in [0.5, 0.6) is 0 Å². The summed E-state index contributed by atoms with van der Waals surface area (Å²) in [5.41, 5.74) is 1.09. The maximum absolute atomic E-state index is 6.22. The van der Waals surface area contributed by atoms with Crippen molar-refractivity contribution in [3.8, 4) is 0 Å². The lowest BCUT2D eigenvalue weighted by Gasteiger charge is -2.34. The summed E-state index contributed by atoms with van der Waals surface area (Å²) in [6, 6.07) is 0. The quantitative estimate of drug-likeness (QED) is 0.779. The van der Waals surface area contributed by atoms with Gasteiger partial charge in [-0.15, -0.1) is 0 Å². The van der Waals surface area contributed by atoms with Crippen molar-refractivity contribution in [2.75, 3.05) is 18.0 Å². The van der Waals surface area contributed by atoms with Crippen LogP contribution in [0.3, 0.4) is 0 Å². The summed E-state index contributed by atoms with van der Waals surface area (Å²) in [7, 11) is 0. The van der Waals surface area contributed by atoms with Crippen molar-refractivity contribution < 1.29 is 0 Å². The number of hydrogen-bond donors (Lipinski definition) is 0. The smallest absolute Gasteiger partial charge is 0.138 e. The van der Waals surface area contributed by atoms with Gasteiger partial charge >= 0.3 is 0 Å². The van der Waals surface area contributed by atoms with Gasteiger partial charge in [0.05, 0.1) is 0 Å². The number of hydrogen-bond acceptors (Lipinski definition) is 3. The number of nitrogens with zero attached hydrogens (tertiary/aromatic N) is 3. The Kier molecular flexibility index (Phi) is 4.44. The van der Waals surface area contributed by atoms with Gasteiger partial charge in [0, 0.05) is 18.7 Å². The summed E-state index contributed by atoms with van der Waals surface area (Å²) in [5, 5.41) is 0.604. The third-order valence-electron chi connectivity index (χ3n) is 3.88. The maximum atomic E-state index is 6.22. The summed E-state index contributed by atoms with van der Waals surface area (Å²) in [4.78, 5) is 11.0. The van der Waals surface area contributed by atoms with Crippen molar-refractivity contribution in [1.82, 2.24) is 9.97 Å². The van der Waals surface area contributed by atoms with E-state index in [-0.39, 0.29) is 0 Å². The fourth-order valence-corrected chi connectivity index (χ4v) is 3.01. The van der Waals surface area contributed by atoms with Crippen molar-refractivity contribution in [1.29, 1.82) is 0 Å². The Morgan fingerprint density at radius 1 is 1.33 bits per heavy atom. The average Bonchev–Trinajstić information content (AvgIpc) is 2.38. The van der Waals surface area contributed by atoms with Crippen LogP contribution in [-0.2, 0) is 0 Å². The van der Waals surface area contributed by atoms with Crippen molar-refractivity contribution in [2.24, 2.45) is 5.92 Å². The Hall–Kier alpha value is -0.830. The fourth-order valence-electron chi connectivity index (χ4n) is 2.67. The van der Waals surface area contributed by atoms with Crippen LogP contribution in [0.15, 0.2) is 6.33 Å². The minimum atomic E-state index is 0.359. The Balaban J connectivity index is 2.21. The highest BCUT2D eigenvalue weighted by Crippen LogP contribution is 2.33. The van der Waals surface area contributed by atoms with Crippen molar-refractivity contribution in [3.63, 3.8) is 0 Å². The Bertz CT molecular complexity index is 398. The molecule has 1 fully saturated rings. The van der Waals surface area contributed by atoms with Crippen molar-refractivity contribution in [3.05, 3.63) is 17.0 Å². The predicted octanol–water partition coefficient (Wildman–Crippen LogP) is 3.88. The van der Waals surface area contributed by atoms with E-state index >= 15 is 0 Å². The van der Waals surface area contributed by atoms with Gasteiger partial charge in [-0.05, 0) is 24.7 Å². The lowest BCUT2D eigenvalue weighted by Crippen LogP contribution is -2.35. The van der Waals surface area contributed by atoms with E-state index in [0.29, 0.717) is 11.1 Å². The zero-order chi connectivity index (χ0) is 13.1. The van der Waals surface area contributed by atoms with E-state index in [0.717, 1.165) is 30.4 Å². The average molecular weight is 268 g/mol. The number of piperidine rings is 1. The molecule has 2 heterocycles. The van der Waals surface area contributed by atoms with Gasteiger partial charge in [-0.1, -0.05) is 38.8 Å². The first-order chi connectivity index (χ1) is 8.63. The van der Waals surface area contributed by atoms with E-state index in [1.807, 2.05) is 0 Å². The van der Waals surface area contributed by atoms with Crippen LogP contribution in [0.2, 0.25) is 5.15 Å². The highest BCUT2D eigenvalue weighted by atomic mass is 35.5. The van der Waals surface area contributed by atoms with Gasteiger partial charge in [-0.25, -0.2) is 9.97 Å². The lowest BCUT2D eigenvalue weighted by atomic mass is 9.94. The SMILES string of the molecule is CCC1CCN(c2ncnc(Cl)c2C(C)C)CC1. The lowest BCUT2D eigenvalue weighted by molar-refractivity contribution is 0.393. The molecule has 1 aliphatic rings. The molecular formula is C14H22ClN3. The van der Waals surface area contributed by atoms with Gasteiger partial charge in [0.2, 0.25) is 0 Å². The number of rotatable bonds is 3. The molecule has 3 nitrogen and oxygen atoms in total. The van der Waals surface area contributed by atoms with Crippen LogP contribution in [0, 0.1) is 5.92 Å². The molecule has 0 unspecified atom stereocenters. The van der Waals surface area contributed by atoms with Gasteiger partial charge in [-0.3, -0.25) is 0 Å². The fraction of sp³-hybridized carbons (Fsp3) is 0.714. The standard InChI is InChI=1S/C14H22ClN3/c1-4-11-5-7-18(8-6-11)14-12(10(2)3)13(15)16-9-17-14/h9-11H,4-8H2,1-3H3. The molecule has 1 aliphatic heterocycles. The van der Waals surface area contributed by atoms with E-state index in [9.17, 15) is 0 Å². The molecule has 1 aromatic rings. The van der Waals surface area contributed by atoms with Gasteiger partial charge in [0.25, 0.3) is 0 Å². The normalized spacial score (nSPS) is 17.5. The zero-order valence-corrected chi connectivity index (χ0v) is 12.2. The van der Waals surface area contributed by atoms with E-state index in [4.69, 9.17) is 11.6 Å². The first-order valence-electron chi connectivity index (χ1n) is 6.88. The van der Waals surface area contributed by atoms with Crippen LogP contribution < -0.4 is 4.90 Å². The second kappa shape index (κ2) is 5.87. The minimum absolute atomic E-state index is 0.359. The van der Waals surface area contributed by atoms with Crippen molar-refractivity contribution in [2.45, 2.75) is 46.0 Å². The largest absolute Gasteiger partial charge is 0.356 e. The number of aromatic nitrogens is 2. The Morgan fingerprint density at radius 3 is 2.56 bits per heavy atom. The Labute approximate surface area is 115 Å². The second-order valence-electron chi connectivity index (χ2n) is 5.40.